The maximum Gasteiger partial charge on any atom is 0.573 e. The summed E-state index contributed by atoms with van der Waals surface area (Å²) < 4.78 is 48.8. The van der Waals surface area contributed by atoms with E-state index in [1.165, 1.54) is 18.2 Å². The van der Waals surface area contributed by atoms with Gasteiger partial charge in [0.25, 0.3) is 0 Å². The summed E-state index contributed by atoms with van der Waals surface area (Å²) in [5.74, 6) is -1.10. The molecule has 12 heteroatoms. The fourth-order valence-corrected chi connectivity index (χ4v) is 3.69. The van der Waals surface area contributed by atoms with E-state index in [1.807, 2.05) is 18.2 Å². The lowest BCUT2D eigenvalue weighted by molar-refractivity contribution is -0.274. The fraction of sp³-hybridized carbons (Fsp3) is 0.208. The average Bonchev–Trinajstić information content (AvgIpc) is 2.86. The molecule has 8 nitrogen and oxygen atoms in total. The smallest absolute Gasteiger partial charge is 0.402 e. The Labute approximate surface area is 209 Å². The number of alkyl halides is 3. The Kier molecular flexibility index (Phi) is 7.61. The number of ether oxygens (including phenoxy) is 2. The molecule has 188 valence electrons. The number of aromatic nitrogens is 2. The van der Waals surface area contributed by atoms with E-state index in [4.69, 9.17) is 16.3 Å². The molecule has 4 rings (SSSR count). The van der Waals surface area contributed by atoms with Crippen LogP contribution in [-0.4, -0.2) is 48.5 Å². The normalized spacial score (nSPS) is 13.7. The molecule has 3 aromatic rings. The van der Waals surface area contributed by atoms with Gasteiger partial charge in [-0.3, -0.25) is 4.79 Å². The van der Waals surface area contributed by atoms with Crippen LogP contribution in [0, 0.1) is 0 Å². The molecule has 0 unspecified atom stereocenters. The van der Waals surface area contributed by atoms with Gasteiger partial charge in [0, 0.05) is 30.0 Å². The van der Waals surface area contributed by atoms with Gasteiger partial charge in [-0.25, -0.2) is 9.97 Å². The molecule has 1 aromatic heterocycles. The van der Waals surface area contributed by atoms with Gasteiger partial charge in [-0.15, -0.1) is 13.2 Å². The van der Waals surface area contributed by atoms with E-state index in [9.17, 15) is 18.0 Å². The Bertz CT molecular complexity index is 1270. The molecular weight excluding hydrogens is 499 g/mol. The highest BCUT2D eigenvalue weighted by molar-refractivity contribution is 6.34. The van der Waals surface area contributed by atoms with Crippen molar-refractivity contribution in [3.63, 3.8) is 0 Å². The third kappa shape index (κ3) is 6.43. The van der Waals surface area contributed by atoms with Gasteiger partial charge in [0.05, 0.1) is 30.1 Å². The first-order chi connectivity index (χ1) is 17.2. The van der Waals surface area contributed by atoms with Crippen LogP contribution in [0.2, 0.25) is 5.02 Å². The number of benzene rings is 2. The number of nitrogens with zero attached hydrogens (tertiary/aromatic N) is 3. The highest BCUT2D eigenvalue weighted by Crippen LogP contribution is 2.36. The number of hydrogen-bond donors (Lipinski definition) is 2. The molecule has 0 radical (unpaired) electrons. The Morgan fingerprint density at radius 3 is 2.69 bits per heavy atom. The molecule has 1 aliphatic heterocycles. The van der Waals surface area contributed by atoms with Crippen molar-refractivity contribution in [1.29, 1.82) is 0 Å². The standard InChI is InChI=1S/C24H21ClF3N5O3/c1-2-21(34)31-19-12-15(6-7-18(19)25)22-20(36-24(26,27)28)14-29-23(32-22)30-16-4-3-5-17(13-16)33-8-10-35-11-9-33/h2-7,12-14H,1,8-11H2,(H,31,34)(H,29,30,32). The van der Waals surface area contributed by atoms with Gasteiger partial charge < -0.3 is 25.0 Å². The quantitative estimate of drug-likeness (QED) is 0.404. The van der Waals surface area contributed by atoms with E-state index in [1.54, 1.807) is 6.07 Å². The molecule has 1 aliphatic rings. The molecule has 0 bridgehead atoms. The Balaban J connectivity index is 1.68. The second-order valence-electron chi connectivity index (χ2n) is 7.62. The predicted molar refractivity (Wildman–Crippen MR) is 131 cm³/mol. The van der Waals surface area contributed by atoms with E-state index in [0.717, 1.165) is 31.0 Å². The summed E-state index contributed by atoms with van der Waals surface area (Å²) in [5.41, 5.74) is 1.83. The molecule has 1 saturated heterocycles. The van der Waals surface area contributed by atoms with E-state index in [2.05, 4.69) is 36.8 Å². The van der Waals surface area contributed by atoms with Crippen LogP contribution in [0.15, 0.2) is 61.3 Å². The van der Waals surface area contributed by atoms with Gasteiger partial charge in [-0.2, -0.15) is 0 Å². The second kappa shape index (κ2) is 10.8. The average molecular weight is 520 g/mol. The van der Waals surface area contributed by atoms with Crippen LogP contribution in [-0.2, 0) is 9.53 Å². The summed E-state index contributed by atoms with van der Waals surface area (Å²) in [4.78, 5) is 22.2. The number of amides is 1. The van der Waals surface area contributed by atoms with Gasteiger partial charge in [-0.05, 0) is 36.4 Å². The van der Waals surface area contributed by atoms with Crippen molar-refractivity contribution in [1.82, 2.24) is 9.97 Å². The molecule has 36 heavy (non-hydrogen) atoms. The van der Waals surface area contributed by atoms with Crippen molar-refractivity contribution < 1.29 is 27.4 Å². The van der Waals surface area contributed by atoms with Crippen molar-refractivity contribution in [2.75, 3.05) is 41.8 Å². The summed E-state index contributed by atoms with van der Waals surface area (Å²) in [6, 6.07) is 11.8. The third-order valence-corrected chi connectivity index (χ3v) is 5.47. The van der Waals surface area contributed by atoms with Crippen molar-refractivity contribution in [3.05, 3.63) is 66.3 Å². The molecule has 1 amide bonds. The first-order valence-electron chi connectivity index (χ1n) is 10.8. The Hall–Kier alpha value is -3.83. The lowest BCUT2D eigenvalue weighted by atomic mass is 10.1. The minimum absolute atomic E-state index is 0.0466. The van der Waals surface area contributed by atoms with E-state index < -0.39 is 18.0 Å². The summed E-state index contributed by atoms with van der Waals surface area (Å²) >= 11 is 6.13. The van der Waals surface area contributed by atoms with E-state index >= 15 is 0 Å². The van der Waals surface area contributed by atoms with E-state index in [-0.39, 0.29) is 27.9 Å². The summed E-state index contributed by atoms with van der Waals surface area (Å²) in [6.45, 7) is 6.11. The van der Waals surface area contributed by atoms with Crippen LogP contribution in [0.4, 0.5) is 36.2 Å². The van der Waals surface area contributed by atoms with Crippen molar-refractivity contribution in [2.45, 2.75) is 6.36 Å². The summed E-state index contributed by atoms with van der Waals surface area (Å²) in [7, 11) is 0. The van der Waals surface area contributed by atoms with Gasteiger partial charge >= 0.3 is 6.36 Å². The number of carbonyl (C=O) groups excluding carboxylic acids is 1. The maximum atomic E-state index is 13.1. The van der Waals surface area contributed by atoms with Crippen LogP contribution in [0.3, 0.4) is 0 Å². The first kappa shape index (κ1) is 25.3. The van der Waals surface area contributed by atoms with Gasteiger partial charge in [0.2, 0.25) is 11.9 Å². The number of carbonyl (C=O) groups is 1. The first-order valence-corrected chi connectivity index (χ1v) is 11.2. The fourth-order valence-electron chi connectivity index (χ4n) is 3.52. The zero-order valence-corrected chi connectivity index (χ0v) is 19.6. The minimum Gasteiger partial charge on any atom is -0.402 e. The Morgan fingerprint density at radius 1 is 1.19 bits per heavy atom. The number of hydrogen-bond acceptors (Lipinski definition) is 7. The second-order valence-corrected chi connectivity index (χ2v) is 8.02. The zero-order chi connectivity index (χ0) is 25.7. The summed E-state index contributed by atoms with van der Waals surface area (Å²) in [5, 5.41) is 5.71. The van der Waals surface area contributed by atoms with Gasteiger partial charge in [-0.1, -0.05) is 30.3 Å². The molecule has 0 saturated carbocycles. The van der Waals surface area contributed by atoms with Crippen molar-refractivity contribution >= 4 is 40.5 Å². The number of anilines is 4. The topological polar surface area (TPSA) is 88.6 Å². The van der Waals surface area contributed by atoms with Gasteiger partial charge in [0.1, 0.15) is 5.69 Å². The SMILES string of the molecule is C=CC(=O)Nc1cc(-c2nc(Nc3cccc(N4CCOCC4)c3)ncc2OC(F)(F)F)ccc1Cl. The zero-order valence-electron chi connectivity index (χ0n) is 18.8. The maximum absolute atomic E-state index is 13.1. The Morgan fingerprint density at radius 2 is 1.97 bits per heavy atom. The van der Waals surface area contributed by atoms with Crippen LogP contribution in [0.5, 0.6) is 5.75 Å². The highest BCUT2D eigenvalue weighted by Gasteiger charge is 2.33. The predicted octanol–water partition coefficient (Wildman–Crippen LogP) is 5.40. The van der Waals surface area contributed by atoms with Crippen molar-refractivity contribution in [3.8, 4) is 17.0 Å². The number of halogens is 4. The highest BCUT2D eigenvalue weighted by atomic mass is 35.5. The molecule has 0 spiro atoms. The van der Waals surface area contributed by atoms with Gasteiger partial charge in [0.15, 0.2) is 5.75 Å². The van der Waals surface area contributed by atoms with Crippen LogP contribution in [0.1, 0.15) is 0 Å². The lowest BCUT2D eigenvalue weighted by Gasteiger charge is -2.29. The number of rotatable bonds is 7. The molecule has 0 atom stereocenters. The van der Waals surface area contributed by atoms with E-state index in [0.29, 0.717) is 18.9 Å². The lowest BCUT2D eigenvalue weighted by Crippen LogP contribution is -2.36. The third-order valence-electron chi connectivity index (χ3n) is 5.14. The van der Waals surface area contributed by atoms with Crippen LogP contribution < -0.4 is 20.3 Å². The summed E-state index contributed by atoms with van der Waals surface area (Å²) in [6.07, 6.45) is -2.99. The largest absolute Gasteiger partial charge is 0.573 e. The molecular formula is C24H21ClF3N5O3. The number of morpholine rings is 1. The minimum atomic E-state index is -4.97. The van der Waals surface area contributed by atoms with Crippen LogP contribution in [0.25, 0.3) is 11.3 Å². The van der Waals surface area contributed by atoms with Crippen molar-refractivity contribution in [2.24, 2.45) is 0 Å². The molecule has 0 aliphatic carbocycles. The number of nitrogens with one attached hydrogen (secondary N) is 2. The molecule has 2 N–H and O–H groups in total. The van der Waals surface area contributed by atoms with Crippen LogP contribution >= 0.6 is 11.6 Å². The molecule has 2 heterocycles. The monoisotopic (exact) mass is 519 g/mol. The molecule has 1 fully saturated rings. The molecule has 2 aromatic carbocycles.